The third-order valence-electron chi connectivity index (χ3n) is 2.54. The van der Waals surface area contributed by atoms with Gasteiger partial charge in [0, 0.05) is 11.1 Å². The maximum Gasteiger partial charge on any atom is 0.415 e. The minimum atomic E-state index is -0.261. The van der Waals surface area contributed by atoms with Crippen molar-refractivity contribution in [2.45, 2.75) is 6.92 Å². The van der Waals surface area contributed by atoms with Gasteiger partial charge in [-0.1, -0.05) is 17.4 Å². The summed E-state index contributed by atoms with van der Waals surface area (Å²) in [6, 6.07) is 5.99. The first-order valence-electron chi connectivity index (χ1n) is 5.05. The molecular formula is C11H10N2O2S. The highest BCUT2D eigenvalue weighted by atomic mass is 32.1. The van der Waals surface area contributed by atoms with E-state index in [0.29, 0.717) is 13.2 Å². The van der Waals surface area contributed by atoms with E-state index in [1.54, 1.807) is 4.90 Å². The van der Waals surface area contributed by atoms with Crippen molar-refractivity contribution >= 4 is 32.6 Å². The lowest BCUT2D eigenvalue weighted by molar-refractivity contribution is 0.181. The van der Waals surface area contributed by atoms with Gasteiger partial charge in [-0.25, -0.2) is 9.78 Å². The number of nitrogens with zero attached hydrogens (tertiary/aromatic N) is 2. The van der Waals surface area contributed by atoms with E-state index in [1.807, 2.05) is 25.1 Å². The number of rotatable bonds is 1. The quantitative estimate of drug-likeness (QED) is 0.761. The van der Waals surface area contributed by atoms with Gasteiger partial charge in [0.05, 0.1) is 6.54 Å². The first-order chi connectivity index (χ1) is 7.74. The predicted octanol–water partition coefficient (Wildman–Crippen LogP) is 2.56. The minimum Gasteiger partial charge on any atom is -0.447 e. The summed E-state index contributed by atoms with van der Waals surface area (Å²) in [6.45, 7) is 3.06. The Labute approximate surface area is 96.5 Å². The Morgan fingerprint density at radius 2 is 2.38 bits per heavy atom. The van der Waals surface area contributed by atoms with E-state index in [2.05, 4.69) is 4.98 Å². The highest BCUT2D eigenvalue weighted by molar-refractivity contribution is 7.22. The fourth-order valence-corrected chi connectivity index (χ4v) is 2.82. The molecule has 1 fully saturated rings. The second kappa shape index (κ2) is 3.45. The summed E-state index contributed by atoms with van der Waals surface area (Å²) in [5.41, 5.74) is 0.991. The number of fused-ring (bicyclic) bond motifs is 1. The van der Waals surface area contributed by atoms with Gasteiger partial charge in [-0.3, -0.25) is 4.90 Å². The molecule has 1 aliphatic heterocycles. The van der Waals surface area contributed by atoms with Gasteiger partial charge in [-0.2, -0.15) is 0 Å². The van der Waals surface area contributed by atoms with Crippen molar-refractivity contribution in [3.8, 4) is 0 Å². The molecule has 0 aromatic carbocycles. The number of carbonyl (C=O) groups is 1. The number of hydrogen-bond donors (Lipinski definition) is 0. The average molecular weight is 234 g/mol. The maximum absolute atomic E-state index is 11.4. The van der Waals surface area contributed by atoms with Gasteiger partial charge in [0.1, 0.15) is 16.4 Å². The molecule has 1 saturated heterocycles. The van der Waals surface area contributed by atoms with Crippen molar-refractivity contribution in [2.75, 3.05) is 18.1 Å². The van der Waals surface area contributed by atoms with E-state index < -0.39 is 0 Å². The van der Waals surface area contributed by atoms with E-state index >= 15 is 0 Å². The van der Waals surface area contributed by atoms with Gasteiger partial charge >= 0.3 is 6.09 Å². The SMILES string of the molecule is Cc1ccc2cc(N3CCOC3=O)sc2n1. The molecule has 0 bridgehead atoms. The van der Waals surface area contributed by atoms with Crippen LogP contribution in [0.2, 0.25) is 0 Å². The highest BCUT2D eigenvalue weighted by Crippen LogP contribution is 2.32. The summed E-state index contributed by atoms with van der Waals surface area (Å²) < 4.78 is 4.91. The van der Waals surface area contributed by atoms with Crippen molar-refractivity contribution in [3.05, 3.63) is 23.9 Å². The van der Waals surface area contributed by atoms with Gasteiger partial charge in [0.15, 0.2) is 0 Å². The lowest BCUT2D eigenvalue weighted by Gasteiger charge is -2.07. The zero-order valence-electron chi connectivity index (χ0n) is 8.77. The first kappa shape index (κ1) is 9.59. The fourth-order valence-electron chi connectivity index (χ4n) is 1.72. The van der Waals surface area contributed by atoms with E-state index in [9.17, 15) is 4.79 Å². The molecular weight excluding hydrogens is 224 g/mol. The summed E-state index contributed by atoms with van der Waals surface area (Å²) in [6.07, 6.45) is -0.261. The van der Waals surface area contributed by atoms with Crippen LogP contribution < -0.4 is 4.90 Å². The van der Waals surface area contributed by atoms with Crippen LogP contribution in [0, 0.1) is 6.92 Å². The summed E-state index contributed by atoms with van der Waals surface area (Å²) >= 11 is 1.53. The second-order valence-electron chi connectivity index (χ2n) is 3.70. The molecule has 2 aromatic heterocycles. The van der Waals surface area contributed by atoms with Gasteiger partial charge in [-0.05, 0) is 19.1 Å². The zero-order valence-corrected chi connectivity index (χ0v) is 9.58. The summed E-state index contributed by atoms with van der Waals surface area (Å²) in [5.74, 6) is 0. The van der Waals surface area contributed by atoms with Crippen molar-refractivity contribution in [1.29, 1.82) is 0 Å². The van der Waals surface area contributed by atoms with E-state index in [1.165, 1.54) is 11.3 Å². The Bertz CT molecular complexity index is 564. The standard InChI is InChI=1S/C11H10N2O2S/c1-7-2-3-8-6-9(16-10(8)12-7)13-4-5-15-11(13)14/h2-3,6H,4-5H2,1H3. The number of amides is 1. The number of hydrogen-bond acceptors (Lipinski definition) is 4. The molecule has 0 spiro atoms. The molecule has 0 N–H and O–H groups in total. The number of thiophene rings is 1. The van der Waals surface area contributed by atoms with Gasteiger partial charge in [0.2, 0.25) is 0 Å². The van der Waals surface area contributed by atoms with Crippen LogP contribution in [0.15, 0.2) is 18.2 Å². The number of aromatic nitrogens is 1. The fraction of sp³-hybridized carbons (Fsp3) is 0.273. The molecule has 0 atom stereocenters. The largest absolute Gasteiger partial charge is 0.447 e. The third kappa shape index (κ3) is 1.44. The minimum absolute atomic E-state index is 0.261. The van der Waals surface area contributed by atoms with Crippen LogP contribution in [0.1, 0.15) is 5.69 Å². The first-order valence-corrected chi connectivity index (χ1v) is 5.87. The van der Waals surface area contributed by atoms with Crippen molar-refractivity contribution < 1.29 is 9.53 Å². The number of ether oxygens (including phenoxy) is 1. The molecule has 3 heterocycles. The summed E-state index contributed by atoms with van der Waals surface area (Å²) in [7, 11) is 0. The topological polar surface area (TPSA) is 42.4 Å². The highest BCUT2D eigenvalue weighted by Gasteiger charge is 2.25. The van der Waals surface area contributed by atoms with Gasteiger partial charge in [0.25, 0.3) is 0 Å². The van der Waals surface area contributed by atoms with E-state index in [4.69, 9.17) is 4.74 Å². The molecule has 5 heteroatoms. The van der Waals surface area contributed by atoms with Crippen molar-refractivity contribution in [1.82, 2.24) is 4.98 Å². The van der Waals surface area contributed by atoms with Gasteiger partial charge < -0.3 is 4.74 Å². The van der Waals surface area contributed by atoms with Crippen LogP contribution in [-0.4, -0.2) is 24.2 Å². The van der Waals surface area contributed by atoms with Crippen LogP contribution in [0.5, 0.6) is 0 Å². The lowest BCUT2D eigenvalue weighted by Crippen LogP contribution is -2.21. The average Bonchev–Trinajstić information content (AvgIpc) is 2.82. The Morgan fingerprint density at radius 1 is 1.50 bits per heavy atom. The van der Waals surface area contributed by atoms with Crippen LogP contribution in [0.25, 0.3) is 10.2 Å². The zero-order chi connectivity index (χ0) is 11.1. The third-order valence-corrected chi connectivity index (χ3v) is 3.60. The Balaban J connectivity index is 2.08. The molecule has 1 aliphatic rings. The van der Waals surface area contributed by atoms with Crippen LogP contribution in [0.4, 0.5) is 9.80 Å². The Morgan fingerprint density at radius 3 is 3.12 bits per heavy atom. The van der Waals surface area contributed by atoms with Crippen LogP contribution >= 0.6 is 11.3 Å². The molecule has 0 aliphatic carbocycles. The molecule has 4 nitrogen and oxygen atoms in total. The number of aryl methyl sites for hydroxylation is 1. The molecule has 3 rings (SSSR count). The molecule has 0 unspecified atom stereocenters. The molecule has 1 amide bonds. The van der Waals surface area contributed by atoms with E-state index in [-0.39, 0.29) is 6.09 Å². The van der Waals surface area contributed by atoms with Crippen molar-refractivity contribution in [2.24, 2.45) is 0 Å². The summed E-state index contributed by atoms with van der Waals surface area (Å²) in [5, 5.41) is 1.99. The monoisotopic (exact) mass is 234 g/mol. The molecule has 0 radical (unpaired) electrons. The van der Waals surface area contributed by atoms with E-state index in [0.717, 1.165) is 20.9 Å². The number of anilines is 1. The normalized spacial score (nSPS) is 15.8. The van der Waals surface area contributed by atoms with Gasteiger partial charge in [-0.15, -0.1) is 0 Å². The Kier molecular flexibility index (Phi) is 2.07. The van der Waals surface area contributed by atoms with Crippen LogP contribution in [0.3, 0.4) is 0 Å². The summed E-state index contributed by atoms with van der Waals surface area (Å²) in [4.78, 5) is 18.5. The maximum atomic E-state index is 11.4. The molecule has 2 aromatic rings. The number of cyclic esters (lactones) is 1. The smallest absolute Gasteiger partial charge is 0.415 e. The van der Waals surface area contributed by atoms with Crippen molar-refractivity contribution in [3.63, 3.8) is 0 Å². The molecule has 0 saturated carbocycles. The molecule has 16 heavy (non-hydrogen) atoms. The Hall–Kier alpha value is -1.62. The van der Waals surface area contributed by atoms with Crippen LogP contribution in [-0.2, 0) is 4.74 Å². The molecule has 82 valence electrons. The second-order valence-corrected chi connectivity index (χ2v) is 4.71. The lowest BCUT2D eigenvalue weighted by atomic mass is 10.3. The predicted molar refractivity (Wildman–Crippen MR) is 63.1 cm³/mol. The number of pyridine rings is 1. The number of carbonyl (C=O) groups excluding carboxylic acids is 1.